The molecule has 1 aliphatic rings. The Morgan fingerprint density at radius 1 is 1.59 bits per heavy atom. The van der Waals surface area contributed by atoms with E-state index in [0.717, 1.165) is 25.1 Å². The van der Waals surface area contributed by atoms with E-state index >= 15 is 0 Å². The summed E-state index contributed by atoms with van der Waals surface area (Å²) in [6.07, 6.45) is 2.25. The van der Waals surface area contributed by atoms with Crippen LogP contribution in [-0.4, -0.2) is 29.1 Å². The van der Waals surface area contributed by atoms with Gasteiger partial charge in [0.15, 0.2) is 0 Å². The van der Waals surface area contributed by atoms with Gasteiger partial charge in [0.05, 0.1) is 12.2 Å². The number of rotatable bonds is 5. The molecule has 3 rings (SSSR count). The van der Waals surface area contributed by atoms with Gasteiger partial charge in [-0.3, -0.25) is 15.0 Å². The second kappa shape index (κ2) is 6.62. The Morgan fingerprint density at radius 3 is 3.14 bits per heavy atom. The molecule has 1 aliphatic heterocycles. The topological polar surface area (TPSA) is 58.4 Å². The third kappa shape index (κ3) is 3.39. The number of thiophene rings is 1. The average molecular weight is 319 g/mol. The highest BCUT2D eigenvalue weighted by molar-refractivity contribution is 7.10. The number of anilines is 1. The Labute approximate surface area is 134 Å². The number of hydrogen-bond acceptors (Lipinski definition) is 5. The normalized spacial score (nSPS) is 19.0. The van der Waals surface area contributed by atoms with E-state index in [9.17, 15) is 4.79 Å². The molecular weight excluding hydrogens is 298 g/mol. The maximum absolute atomic E-state index is 12.2. The van der Waals surface area contributed by atoms with Crippen LogP contribution in [0.4, 0.5) is 5.88 Å². The first-order valence-electron chi connectivity index (χ1n) is 7.67. The van der Waals surface area contributed by atoms with Crippen LogP contribution in [0.2, 0.25) is 0 Å². The second-order valence-electron chi connectivity index (χ2n) is 5.96. The van der Waals surface area contributed by atoms with Crippen molar-refractivity contribution in [2.45, 2.75) is 38.6 Å². The largest absolute Gasteiger partial charge is 0.338 e. The van der Waals surface area contributed by atoms with Crippen LogP contribution in [0, 0.1) is 0 Å². The van der Waals surface area contributed by atoms with E-state index in [1.165, 1.54) is 4.88 Å². The van der Waals surface area contributed by atoms with Crippen LogP contribution in [0.5, 0.6) is 0 Å². The van der Waals surface area contributed by atoms with E-state index in [0.29, 0.717) is 18.5 Å². The van der Waals surface area contributed by atoms with Crippen molar-refractivity contribution in [3.05, 3.63) is 34.2 Å². The Kier molecular flexibility index (Phi) is 4.59. The van der Waals surface area contributed by atoms with Gasteiger partial charge in [0.25, 0.3) is 0 Å². The van der Waals surface area contributed by atoms with Gasteiger partial charge in [-0.05, 0) is 36.8 Å². The summed E-state index contributed by atoms with van der Waals surface area (Å²) >= 11 is 1.76. The summed E-state index contributed by atoms with van der Waals surface area (Å²) in [5.41, 5.74) is 0.855. The third-order valence-corrected chi connectivity index (χ3v) is 4.94. The highest BCUT2D eigenvalue weighted by atomic mass is 32.1. The molecule has 1 N–H and O–H groups in total. The summed E-state index contributed by atoms with van der Waals surface area (Å²) in [7, 11) is 0. The minimum atomic E-state index is -0.0464. The second-order valence-corrected chi connectivity index (χ2v) is 6.94. The van der Waals surface area contributed by atoms with Crippen molar-refractivity contribution in [2.24, 2.45) is 0 Å². The van der Waals surface area contributed by atoms with Crippen LogP contribution in [0.1, 0.15) is 49.2 Å². The molecule has 0 radical (unpaired) electrons. The van der Waals surface area contributed by atoms with E-state index in [4.69, 9.17) is 4.52 Å². The van der Waals surface area contributed by atoms with Crippen LogP contribution in [0.15, 0.2) is 28.1 Å². The van der Waals surface area contributed by atoms with Crippen molar-refractivity contribution < 1.29 is 9.32 Å². The van der Waals surface area contributed by atoms with Crippen molar-refractivity contribution in [3.8, 4) is 0 Å². The Balaban J connectivity index is 1.59. The van der Waals surface area contributed by atoms with Gasteiger partial charge in [-0.25, -0.2) is 0 Å². The number of likely N-dealkylation sites (tertiary alicyclic amines) is 1. The maximum Gasteiger partial charge on any atom is 0.240 e. The molecule has 6 heteroatoms. The lowest BCUT2D eigenvalue weighted by Gasteiger charge is -2.22. The average Bonchev–Trinajstić information content (AvgIpc) is 3.18. The van der Waals surface area contributed by atoms with Crippen LogP contribution in [0.3, 0.4) is 0 Å². The predicted molar refractivity (Wildman–Crippen MR) is 87.1 cm³/mol. The minimum absolute atomic E-state index is 0.0464. The fourth-order valence-electron chi connectivity index (χ4n) is 2.80. The lowest BCUT2D eigenvalue weighted by molar-refractivity contribution is -0.117. The van der Waals surface area contributed by atoms with Crippen molar-refractivity contribution in [2.75, 3.05) is 18.4 Å². The van der Waals surface area contributed by atoms with E-state index in [1.807, 2.05) is 13.8 Å². The summed E-state index contributed by atoms with van der Waals surface area (Å²) in [5.74, 6) is 0.673. The molecule has 1 unspecified atom stereocenters. The molecule has 0 bridgehead atoms. The van der Waals surface area contributed by atoms with Crippen LogP contribution in [0.25, 0.3) is 0 Å². The molecule has 0 saturated carbocycles. The highest BCUT2D eigenvalue weighted by Gasteiger charge is 2.28. The standard InChI is InChI=1S/C16H21N3O2S/c1-11(2)12-9-16(21-18-12)17-15(20)10-19-7-3-5-13(19)14-6-4-8-22-14/h4,6,8-9,11,13H,3,5,7,10H2,1-2H3,(H,17,20). The quantitative estimate of drug-likeness (QED) is 0.914. The lowest BCUT2D eigenvalue weighted by Crippen LogP contribution is -2.32. The van der Waals surface area contributed by atoms with Gasteiger partial charge in [0.1, 0.15) is 0 Å². The molecule has 2 aromatic rings. The molecule has 1 amide bonds. The molecule has 0 spiro atoms. The van der Waals surface area contributed by atoms with Gasteiger partial charge in [-0.1, -0.05) is 25.1 Å². The van der Waals surface area contributed by atoms with Gasteiger partial charge in [-0.2, -0.15) is 0 Å². The van der Waals surface area contributed by atoms with E-state index < -0.39 is 0 Å². The van der Waals surface area contributed by atoms with E-state index in [-0.39, 0.29) is 11.8 Å². The number of nitrogens with one attached hydrogen (secondary N) is 1. The molecular formula is C16H21N3O2S. The number of aromatic nitrogens is 1. The molecule has 0 aromatic carbocycles. The summed E-state index contributed by atoms with van der Waals surface area (Å²) < 4.78 is 5.16. The first-order chi connectivity index (χ1) is 10.6. The molecule has 0 aliphatic carbocycles. The van der Waals surface area contributed by atoms with Gasteiger partial charge < -0.3 is 4.52 Å². The third-order valence-electron chi connectivity index (χ3n) is 3.96. The molecule has 5 nitrogen and oxygen atoms in total. The van der Waals surface area contributed by atoms with Gasteiger partial charge in [-0.15, -0.1) is 11.3 Å². The number of carbonyl (C=O) groups is 1. The summed E-state index contributed by atoms with van der Waals surface area (Å²) in [4.78, 5) is 15.8. The first-order valence-corrected chi connectivity index (χ1v) is 8.55. The van der Waals surface area contributed by atoms with Crippen LogP contribution in [-0.2, 0) is 4.79 Å². The number of carbonyl (C=O) groups excluding carboxylic acids is 1. The Bertz CT molecular complexity index is 621. The lowest BCUT2D eigenvalue weighted by atomic mass is 10.1. The van der Waals surface area contributed by atoms with Gasteiger partial charge in [0.2, 0.25) is 11.8 Å². The monoisotopic (exact) mass is 319 g/mol. The summed E-state index contributed by atoms with van der Waals surface area (Å²) in [6, 6.07) is 6.38. The maximum atomic E-state index is 12.2. The van der Waals surface area contributed by atoms with Crippen molar-refractivity contribution in [1.82, 2.24) is 10.1 Å². The highest BCUT2D eigenvalue weighted by Crippen LogP contribution is 2.34. The van der Waals surface area contributed by atoms with Gasteiger partial charge in [0, 0.05) is 17.0 Å². The molecule has 118 valence electrons. The van der Waals surface area contributed by atoms with Gasteiger partial charge >= 0.3 is 0 Å². The van der Waals surface area contributed by atoms with Crippen LogP contribution >= 0.6 is 11.3 Å². The molecule has 1 fully saturated rings. The molecule has 2 aromatic heterocycles. The Hall–Kier alpha value is -1.66. The van der Waals surface area contributed by atoms with E-state index in [2.05, 4.69) is 32.9 Å². The first kappa shape index (κ1) is 15.2. The van der Waals surface area contributed by atoms with E-state index in [1.54, 1.807) is 17.4 Å². The predicted octanol–water partition coefficient (Wildman–Crippen LogP) is 3.64. The molecule has 3 heterocycles. The smallest absolute Gasteiger partial charge is 0.240 e. The summed E-state index contributed by atoms with van der Waals surface area (Å²) in [5, 5.41) is 8.85. The van der Waals surface area contributed by atoms with Crippen molar-refractivity contribution >= 4 is 23.1 Å². The Morgan fingerprint density at radius 2 is 2.45 bits per heavy atom. The minimum Gasteiger partial charge on any atom is -0.338 e. The van der Waals surface area contributed by atoms with Crippen LogP contribution < -0.4 is 5.32 Å². The SMILES string of the molecule is CC(C)c1cc(NC(=O)CN2CCCC2c2cccs2)on1. The zero-order valence-corrected chi connectivity index (χ0v) is 13.7. The number of nitrogens with zero attached hydrogens (tertiary/aromatic N) is 2. The molecule has 1 atom stereocenters. The number of hydrogen-bond donors (Lipinski definition) is 1. The summed E-state index contributed by atoms with van der Waals surface area (Å²) in [6.45, 7) is 5.43. The molecule has 1 saturated heterocycles. The van der Waals surface area contributed by atoms with Crippen molar-refractivity contribution in [3.63, 3.8) is 0 Å². The van der Waals surface area contributed by atoms with Crippen molar-refractivity contribution in [1.29, 1.82) is 0 Å². The fourth-order valence-corrected chi connectivity index (χ4v) is 3.70. The molecule has 22 heavy (non-hydrogen) atoms. The zero-order chi connectivity index (χ0) is 15.5. The fraction of sp³-hybridized carbons (Fsp3) is 0.500. The number of amides is 1. The zero-order valence-electron chi connectivity index (χ0n) is 12.9.